The monoisotopic (exact) mass is 416 g/mol. The average molecular weight is 416 g/mol. The Hall–Kier alpha value is -2.82. The van der Waals surface area contributed by atoms with Gasteiger partial charge in [-0.2, -0.15) is 4.80 Å². The van der Waals surface area contributed by atoms with Gasteiger partial charge in [-0.25, -0.2) is 0 Å². The molecule has 1 aliphatic rings. The van der Waals surface area contributed by atoms with Gasteiger partial charge in [0.1, 0.15) is 6.10 Å². The molecule has 0 aliphatic carbocycles. The molecule has 1 saturated heterocycles. The van der Waals surface area contributed by atoms with Gasteiger partial charge in [-0.1, -0.05) is 11.6 Å². The number of hydrogen-bond donors (Lipinski definition) is 2. The smallest absolute Gasteiger partial charge is 0.290 e. The van der Waals surface area contributed by atoms with E-state index in [4.69, 9.17) is 19.4 Å². The van der Waals surface area contributed by atoms with Crippen molar-refractivity contribution in [2.45, 2.75) is 33.0 Å². The fourth-order valence-electron chi connectivity index (χ4n) is 3.53. The number of rotatable bonds is 6. The second-order valence-corrected chi connectivity index (χ2v) is 7.21. The molecule has 30 heavy (non-hydrogen) atoms. The summed E-state index contributed by atoms with van der Waals surface area (Å²) in [6.07, 6.45) is -0.151. The molecule has 1 unspecified atom stereocenters. The van der Waals surface area contributed by atoms with Crippen LogP contribution in [0.1, 0.15) is 28.7 Å². The zero-order valence-corrected chi connectivity index (χ0v) is 17.5. The fraction of sp³-hybridized carbons (Fsp3) is 0.500. The molecule has 2 N–H and O–H groups in total. The van der Waals surface area contributed by atoms with Gasteiger partial charge in [0.2, 0.25) is 5.82 Å². The van der Waals surface area contributed by atoms with Gasteiger partial charge in [-0.15, -0.1) is 10.2 Å². The molecule has 4 rings (SSSR count). The molecule has 1 aliphatic heterocycles. The van der Waals surface area contributed by atoms with Gasteiger partial charge in [0.25, 0.3) is 6.47 Å². The van der Waals surface area contributed by atoms with Crippen molar-refractivity contribution in [3.63, 3.8) is 0 Å². The second kappa shape index (κ2) is 10.3. The van der Waals surface area contributed by atoms with E-state index < -0.39 is 0 Å². The van der Waals surface area contributed by atoms with E-state index in [9.17, 15) is 0 Å². The number of nitrogens with one attached hydrogen (secondary N) is 1. The van der Waals surface area contributed by atoms with Gasteiger partial charge >= 0.3 is 0 Å². The van der Waals surface area contributed by atoms with Crippen molar-refractivity contribution in [2.75, 3.05) is 33.4 Å². The summed E-state index contributed by atoms with van der Waals surface area (Å²) < 4.78 is 10.9. The first-order chi connectivity index (χ1) is 14.5. The topological polar surface area (TPSA) is 118 Å². The molecular weight excluding hydrogens is 388 g/mol. The number of fused-ring (bicyclic) bond motifs is 1. The quantitative estimate of drug-likeness (QED) is 0.583. The Bertz CT molecular complexity index is 970. The van der Waals surface area contributed by atoms with Crippen LogP contribution in [0, 0.1) is 13.8 Å². The number of H-pyrrole nitrogens is 1. The van der Waals surface area contributed by atoms with Crippen molar-refractivity contribution in [1.82, 2.24) is 30.1 Å². The minimum atomic E-state index is -0.250. The summed E-state index contributed by atoms with van der Waals surface area (Å²) in [7, 11) is 1.66. The van der Waals surface area contributed by atoms with Crippen molar-refractivity contribution in [3.8, 4) is 0 Å². The van der Waals surface area contributed by atoms with Crippen LogP contribution in [-0.4, -0.2) is 75.1 Å². The highest BCUT2D eigenvalue weighted by Gasteiger charge is 2.26. The summed E-state index contributed by atoms with van der Waals surface area (Å²) >= 11 is 0. The fourth-order valence-corrected chi connectivity index (χ4v) is 3.53. The van der Waals surface area contributed by atoms with Crippen molar-refractivity contribution >= 4 is 17.4 Å². The first-order valence-electron chi connectivity index (χ1n) is 9.82. The lowest BCUT2D eigenvalue weighted by Gasteiger charge is -2.31. The number of morpholine rings is 1. The lowest BCUT2D eigenvalue weighted by atomic mass is 10.1. The molecule has 10 heteroatoms. The summed E-state index contributed by atoms with van der Waals surface area (Å²) in [5.74, 6) is 0.639. The van der Waals surface area contributed by atoms with Crippen LogP contribution in [0.15, 0.2) is 18.2 Å². The van der Waals surface area contributed by atoms with Gasteiger partial charge in [0, 0.05) is 43.3 Å². The molecule has 1 atom stereocenters. The number of methoxy groups -OCH3 is 1. The molecule has 1 fully saturated rings. The number of tetrazole rings is 1. The molecule has 0 saturated carbocycles. The Morgan fingerprint density at radius 2 is 2.20 bits per heavy atom. The lowest BCUT2D eigenvalue weighted by molar-refractivity contribution is -0.122. The Kier molecular flexibility index (Phi) is 7.50. The van der Waals surface area contributed by atoms with E-state index >= 15 is 0 Å². The summed E-state index contributed by atoms with van der Waals surface area (Å²) in [6, 6.07) is 6.55. The summed E-state index contributed by atoms with van der Waals surface area (Å²) in [5, 5.41) is 20.9. The normalized spacial score (nSPS) is 17.0. The average Bonchev–Trinajstić information content (AvgIpc) is 3.33. The molecule has 0 radical (unpaired) electrons. The molecule has 2 aromatic heterocycles. The van der Waals surface area contributed by atoms with E-state index in [0.29, 0.717) is 25.6 Å². The highest BCUT2D eigenvalue weighted by molar-refractivity contribution is 5.85. The van der Waals surface area contributed by atoms with E-state index in [1.54, 1.807) is 11.9 Å². The molecule has 3 heterocycles. The van der Waals surface area contributed by atoms with Crippen LogP contribution in [0.2, 0.25) is 0 Å². The largest absolute Gasteiger partial charge is 0.483 e. The van der Waals surface area contributed by atoms with Crippen LogP contribution < -0.4 is 0 Å². The summed E-state index contributed by atoms with van der Waals surface area (Å²) in [6.45, 7) is 8.39. The zero-order valence-electron chi connectivity index (χ0n) is 17.5. The third kappa shape index (κ3) is 5.21. The Labute approximate surface area is 174 Å². The van der Waals surface area contributed by atoms with Gasteiger partial charge in [-0.3, -0.25) is 9.69 Å². The zero-order chi connectivity index (χ0) is 21.5. The van der Waals surface area contributed by atoms with Crippen LogP contribution in [0.25, 0.3) is 10.9 Å². The maximum absolute atomic E-state index is 8.36. The molecule has 10 nitrogen and oxygen atoms in total. The maximum Gasteiger partial charge on any atom is 0.290 e. The number of aromatic amines is 1. The number of ether oxygens (including phenoxy) is 2. The first-order valence-corrected chi connectivity index (χ1v) is 9.82. The van der Waals surface area contributed by atoms with E-state index in [1.807, 2.05) is 0 Å². The van der Waals surface area contributed by atoms with Crippen molar-refractivity contribution in [1.29, 1.82) is 0 Å². The van der Waals surface area contributed by atoms with E-state index in [0.717, 1.165) is 19.6 Å². The number of nitrogens with zero attached hydrogens (tertiary/aromatic N) is 5. The highest BCUT2D eigenvalue weighted by atomic mass is 16.5. The Morgan fingerprint density at radius 3 is 2.97 bits per heavy atom. The third-order valence-electron chi connectivity index (χ3n) is 5.10. The maximum atomic E-state index is 8.36. The number of hydrogen-bond acceptors (Lipinski definition) is 7. The molecule has 162 valence electrons. The standard InChI is InChI=1S/C19H26N6O2.CH2O2/c1-13-4-5-16-15(10-13)14(2)17(20-16)11-24-6-9-27-18(12-24)19-21-23-25(22-19)7-8-26-3;2-1-3/h4-5,10,18,20H,6-9,11-12H2,1-3H3;1H,(H,2,3). The van der Waals surface area contributed by atoms with E-state index in [2.05, 4.69) is 57.3 Å². The first kappa shape index (κ1) is 21.9. The minimum absolute atomic E-state index is 0.151. The minimum Gasteiger partial charge on any atom is -0.483 e. The molecule has 0 bridgehead atoms. The number of carboxylic acid groups (broad SMARTS) is 1. The van der Waals surface area contributed by atoms with Gasteiger partial charge in [0.15, 0.2) is 0 Å². The molecule has 0 amide bonds. The molecular formula is C20H28N6O4. The van der Waals surface area contributed by atoms with E-state index in [-0.39, 0.29) is 12.6 Å². The molecule has 0 spiro atoms. The van der Waals surface area contributed by atoms with E-state index in [1.165, 1.54) is 27.7 Å². The summed E-state index contributed by atoms with van der Waals surface area (Å²) in [4.78, 5) is 15.9. The number of aromatic nitrogens is 5. The SMILES string of the molecule is COCCn1nnc(C2CN(Cc3[nH]c4ccc(C)cc4c3C)CCO2)n1.O=CO. The van der Waals surface area contributed by atoms with Gasteiger partial charge in [0.05, 0.1) is 19.8 Å². The van der Waals surface area contributed by atoms with Crippen LogP contribution >= 0.6 is 0 Å². The van der Waals surface area contributed by atoms with Crippen LogP contribution in [-0.2, 0) is 27.4 Å². The highest BCUT2D eigenvalue weighted by Crippen LogP contribution is 2.26. The third-order valence-corrected chi connectivity index (χ3v) is 5.10. The predicted octanol–water partition coefficient (Wildman–Crippen LogP) is 1.69. The van der Waals surface area contributed by atoms with Crippen LogP contribution in [0.3, 0.4) is 0 Å². The van der Waals surface area contributed by atoms with Crippen LogP contribution in [0.5, 0.6) is 0 Å². The van der Waals surface area contributed by atoms with Gasteiger partial charge < -0.3 is 19.6 Å². The number of benzene rings is 1. The molecule has 3 aromatic rings. The lowest BCUT2D eigenvalue weighted by Crippen LogP contribution is -2.38. The number of aryl methyl sites for hydroxylation is 2. The second-order valence-electron chi connectivity index (χ2n) is 7.21. The number of carbonyl (C=O) groups is 1. The van der Waals surface area contributed by atoms with Crippen LogP contribution in [0.4, 0.5) is 0 Å². The van der Waals surface area contributed by atoms with Crippen molar-refractivity contribution in [3.05, 3.63) is 40.8 Å². The Morgan fingerprint density at radius 1 is 1.40 bits per heavy atom. The summed E-state index contributed by atoms with van der Waals surface area (Å²) in [5.41, 5.74) is 5.05. The van der Waals surface area contributed by atoms with Crippen molar-refractivity contribution in [2.24, 2.45) is 0 Å². The van der Waals surface area contributed by atoms with Gasteiger partial charge in [-0.05, 0) is 36.8 Å². The Balaban J connectivity index is 0.000000806. The molecule has 1 aromatic carbocycles. The predicted molar refractivity (Wildman–Crippen MR) is 110 cm³/mol. The van der Waals surface area contributed by atoms with Crippen molar-refractivity contribution < 1.29 is 19.4 Å².